The summed E-state index contributed by atoms with van der Waals surface area (Å²) in [4.78, 5) is 6.72. The Bertz CT molecular complexity index is 609. The van der Waals surface area contributed by atoms with Crippen molar-refractivity contribution in [3.63, 3.8) is 0 Å². The van der Waals surface area contributed by atoms with E-state index in [1.54, 1.807) is 23.5 Å². The van der Waals surface area contributed by atoms with Gasteiger partial charge in [0, 0.05) is 30.0 Å². The Kier molecular flexibility index (Phi) is 3.26. The average Bonchev–Trinajstić information content (AvgIpc) is 2.96. The minimum atomic E-state index is -0.665. The largest absolute Gasteiger partial charge is 0.388 e. The molecule has 2 heterocycles. The molecule has 1 aromatic heterocycles. The third kappa shape index (κ3) is 2.43. The van der Waals surface area contributed by atoms with Gasteiger partial charge in [0.1, 0.15) is 5.82 Å². The van der Waals surface area contributed by atoms with E-state index >= 15 is 0 Å². The summed E-state index contributed by atoms with van der Waals surface area (Å²) in [7, 11) is 0. The van der Waals surface area contributed by atoms with E-state index in [1.807, 2.05) is 12.3 Å². The molecule has 0 spiro atoms. The second-order valence-corrected chi connectivity index (χ2v) is 6.50. The molecule has 20 heavy (non-hydrogen) atoms. The number of aliphatic hydroxyl groups is 1. The number of halogens is 1. The number of thiazole rings is 1. The lowest BCUT2D eigenvalue weighted by Gasteiger charge is -2.20. The van der Waals surface area contributed by atoms with Crippen LogP contribution in [-0.2, 0) is 0 Å². The Morgan fingerprint density at radius 2 is 2.10 bits per heavy atom. The van der Waals surface area contributed by atoms with Gasteiger partial charge in [-0.1, -0.05) is 6.92 Å². The van der Waals surface area contributed by atoms with Crippen LogP contribution in [0.5, 0.6) is 0 Å². The highest BCUT2D eigenvalue weighted by Gasteiger charge is 2.39. The quantitative estimate of drug-likeness (QED) is 0.923. The van der Waals surface area contributed by atoms with Gasteiger partial charge in [0.25, 0.3) is 0 Å². The normalized spacial score (nSPS) is 26.2. The molecule has 106 valence electrons. The van der Waals surface area contributed by atoms with E-state index < -0.39 is 5.60 Å². The van der Waals surface area contributed by atoms with Crippen molar-refractivity contribution in [2.45, 2.75) is 19.4 Å². The maximum atomic E-state index is 12.9. The summed E-state index contributed by atoms with van der Waals surface area (Å²) in [5.74, 6) is -0.0192. The van der Waals surface area contributed by atoms with E-state index in [4.69, 9.17) is 0 Å². The Morgan fingerprint density at radius 1 is 1.40 bits per heavy atom. The zero-order valence-corrected chi connectivity index (χ0v) is 12.3. The van der Waals surface area contributed by atoms with E-state index in [-0.39, 0.29) is 11.7 Å². The zero-order chi connectivity index (χ0) is 14.3. The van der Waals surface area contributed by atoms with Crippen molar-refractivity contribution in [2.75, 3.05) is 18.0 Å². The van der Waals surface area contributed by atoms with Gasteiger partial charge in [-0.2, -0.15) is 0 Å². The lowest BCUT2D eigenvalue weighted by molar-refractivity contribution is 0.0443. The maximum Gasteiger partial charge on any atom is 0.185 e. The zero-order valence-electron chi connectivity index (χ0n) is 11.5. The molecule has 5 heteroatoms. The number of hydrogen-bond acceptors (Lipinski definition) is 4. The fraction of sp³-hybridized carbons (Fsp3) is 0.400. The van der Waals surface area contributed by atoms with Crippen molar-refractivity contribution in [1.82, 2.24) is 4.98 Å². The number of aromatic nitrogens is 1. The molecule has 1 aliphatic heterocycles. The fourth-order valence-corrected chi connectivity index (χ4v) is 3.29. The molecule has 0 bridgehead atoms. The van der Waals surface area contributed by atoms with Gasteiger partial charge in [-0.15, -0.1) is 11.3 Å². The molecule has 3 nitrogen and oxygen atoms in total. The maximum absolute atomic E-state index is 12.9. The summed E-state index contributed by atoms with van der Waals surface area (Å²) in [5.41, 5.74) is 1.10. The number of benzene rings is 1. The van der Waals surface area contributed by atoms with Crippen molar-refractivity contribution in [2.24, 2.45) is 5.92 Å². The molecule has 0 saturated carbocycles. The molecule has 0 unspecified atom stereocenters. The molecule has 0 radical (unpaired) electrons. The second-order valence-electron chi connectivity index (χ2n) is 5.66. The third-order valence-electron chi connectivity index (χ3n) is 3.97. The van der Waals surface area contributed by atoms with Gasteiger partial charge in [0.15, 0.2) is 5.13 Å². The summed E-state index contributed by atoms with van der Waals surface area (Å²) in [6.45, 7) is 5.33. The average molecular weight is 292 g/mol. The molecule has 2 atom stereocenters. The molecule has 2 aromatic rings. The van der Waals surface area contributed by atoms with Crippen LogP contribution >= 0.6 is 11.3 Å². The van der Waals surface area contributed by atoms with Gasteiger partial charge in [-0.25, -0.2) is 9.37 Å². The van der Waals surface area contributed by atoms with Gasteiger partial charge < -0.3 is 10.0 Å². The third-order valence-corrected chi connectivity index (χ3v) is 4.87. The number of rotatable bonds is 2. The highest BCUT2D eigenvalue weighted by Crippen LogP contribution is 2.34. The Morgan fingerprint density at radius 3 is 2.70 bits per heavy atom. The van der Waals surface area contributed by atoms with Gasteiger partial charge in [0.2, 0.25) is 0 Å². The topological polar surface area (TPSA) is 36.4 Å². The first-order chi connectivity index (χ1) is 9.45. The second kappa shape index (κ2) is 4.82. The van der Waals surface area contributed by atoms with Crippen molar-refractivity contribution in [3.8, 4) is 11.3 Å². The molecule has 1 N–H and O–H groups in total. The SMILES string of the molecule is C[C@@H]1CN(c2nc(-c3ccc(F)cc3)cs2)C[C@]1(C)O. The number of anilines is 1. The predicted octanol–water partition coefficient (Wildman–Crippen LogP) is 3.16. The molecular weight excluding hydrogens is 275 g/mol. The molecule has 0 aliphatic carbocycles. The number of β-amino-alcohol motifs (C(OH)–C–C–N with tert-alkyl or cyclic N) is 1. The predicted molar refractivity (Wildman–Crippen MR) is 79.5 cm³/mol. The molecule has 3 rings (SSSR count). The summed E-state index contributed by atoms with van der Waals surface area (Å²) in [6.07, 6.45) is 0. The highest BCUT2D eigenvalue weighted by atomic mass is 32.1. The van der Waals surface area contributed by atoms with Crippen LogP contribution in [0.25, 0.3) is 11.3 Å². The van der Waals surface area contributed by atoms with Gasteiger partial charge in [-0.05, 0) is 31.2 Å². The first-order valence-corrected chi connectivity index (χ1v) is 7.52. The summed E-state index contributed by atoms with van der Waals surface area (Å²) >= 11 is 1.56. The summed E-state index contributed by atoms with van der Waals surface area (Å²) in [6, 6.07) is 6.35. The van der Waals surface area contributed by atoms with E-state index in [0.29, 0.717) is 6.54 Å². The van der Waals surface area contributed by atoms with Crippen molar-refractivity contribution in [3.05, 3.63) is 35.5 Å². The van der Waals surface area contributed by atoms with Crippen LogP contribution in [0.15, 0.2) is 29.6 Å². The smallest absolute Gasteiger partial charge is 0.185 e. The van der Waals surface area contributed by atoms with E-state index in [9.17, 15) is 9.50 Å². The van der Waals surface area contributed by atoms with Crippen molar-refractivity contribution in [1.29, 1.82) is 0 Å². The Labute approximate surface area is 121 Å². The Hall–Kier alpha value is -1.46. The minimum Gasteiger partial charge on any atom is -0.388 e. The van der Waals surface area contributed by atoms with Crippen LogP contribution in [0.1, 0.15) is 13.8 Å². The number of nitrogens with zero attached hydrogens (tertiary/aromatic N) is 2. The van der Waals surface area contributed by atoms with Crippen LogP contribution in [0.4, 0.5) is 9.52 Å². The molecule has 1 saturated heterocycles. The highest BCUT2D eigenvalue weighted by molar-refractivity contribution is 7.14. The van der Waals surface area contributed by atoms with Crippen LogP contribution in [0, 0.1) is 11.7 Å². The van der Waals surface area contributed by atoms with Crippen molar-refractivity contribution < 1.29 is 9.50 Å². The number of hydrogen-bond donors (Lipinski definition) is 1. The summed E-state index contributed by atoms with van der Waals surface area (Å²) in [5, 5.41) is 13.1. The van der Waals surface area contributed by atoms with Crippen LogP contribution in [-0.4, -0.2) is 28.8 Å². The van der Waals surface area contributed by atoms with Crippen LogP contribution in [0.3, 0.4) is 0 Å². The molecular formula is C15H17FN2OS. The summed E-state index contributed by atoms with van der Waals surface area (Å²) < 4.78 is 12.9. The standard InChI is InChI=1S/C15H17FN2OS/c1-10-7-18(9-15(10,2)19)14-17-13(8-20-14)11-3-5-12(16)6-4-11/h3-6,8,10,19H,7,9H2,1-2H3/t10-,15+/m1/s1. The molecule has 0 amide bonds. The van der Waals surface area contributed by atoms with Crippen LogP contribution < -0.4 is 4.90 Å². The van der Waals surface area contributed by atoms with E-state index in [1.165, 1.54) is 12.1 Å². The lowest BCUT2D eigenvalue weighted by Crippen LogP contribution is -2.33. The van der Waals surface area contributed by atoms with Crippen molar-refractivity contribution >= 4 is 16.5 Å². The minimum absolute atomic E-state index is 0.223. The van der Waals surface area contributed by atoms with E-state index in [0.717, 1.165) is 22.9 Å². The lowest BCUT2D eigenvalue weighted by atomic mass is 9.95. The first kappa shape index (κ1) is 13.5. The molecule has 1 aromatic carbocycles. The first-order valence-electron chi connectivity index (χ1n) is 6.64. The van der Waals surface area contributed by atoms with Crippen LogP contribution in [0.2, 0.25) is 0 Å². The van der Waals surface area contributed by atoms with Gasteiger partial charge in [0.05, 0.1) is 11.3 Å². The van der Waals surface area contributed by atoms with Gasteiger partial charge in [-0.3, -0.25) is 0 Å². The fourth-order valence-electron chi connectivity index (χ4n) is 2.44. The van der Waals surface area contributed by atoms with E-state index in [2.05, 4.69) is 16.8 Å². The Balaban J connectivity index is 1.83. The monoisotopic (exact) mass is 292 g/mol. The van der Waals surface area contributed by atoms with Gasteiger partial charge >= 0.3 is 0 Å². The molecule has 1 fully saturated rings. The molecule has 1 aliphatic rings.